The molecule has 34 heavy (non-hydrogen) atoms. The van der Waals surface area contributed by atoms with Gasteiger partial charge in [-0.1, -0.05) is 37.5 Å². The molecule has 2 aliphatic heterocycles. The summed E-state index contributed by atoms with van der Waals surface area (Å²) in [5.41, 5.74) is -0.0680. The Morgan fingerprint density at radius 2 is 1.76 bits per heavy atom. The molecular formula is C26H35N3O5. The second-order valence-corrected chi connectivity index (χ2v) is 10.5. The molecule has 8 heteroatoms. The third kappa shape index (κ3) is 5.05. The predicted octanol–water partition coefficient (Wildman–Crippen LogP) is 3.92. The van der Waals surface area contributed by atoms with Gasteiger partial charge in [-0.2, -0.15) is 0 Å². The van der Waals surface area contributed by atoms with Crippen LogP contribution in [-0.4, -0.2) is 58.7 Å². The van der Waals surface area contributed by atoms with Gasteiger partial charge in [-0.3, -0.25) is 9.59 Å². The van der Waals surface area contributed by atoms with E-state index in [-0.39, 0.29) is 23.9 Å². The summed E-state index contributed by atoms with van der Waals surface area (Å²) in [4.78, 5) is 42.6. The smallest absolute Gasteiger partial charge is 0.410 e. The van der Waals surface area contributed by atoms with Gasteiger partial charge in [0.05, 0.1) is 6.04 Å². The van der Waals surface area contributed by atoms with Crippen LogP contribution in [0.3, 0.4) is 0 Å². The van der Waals surface area contributed by atoms with Crippen molar-refractivity contribution in [2.24, 2.45) is 5.92 Å². The number of carbonyl (C=O) groups is 3. The number of rotatable bonds is 3. The SMILES string of the molecule is CC(C)(C)OC(=O)N1CCC2C(O)=C(C(=O)N(c3ccccc3)C3CCCCC3)C(=O)NC2C1. The molecule has 0 aromatic heterocycles. The van der Waals surface area contributed by atoms with Crippen LogP contribution < -0.4 is 10.2 Å². The van der Waals surface area contributed by atoms with Crippen molar-refractivity contribution < 1.29 is 24.2 Å². The highest BCUT2D eigenvalue weighted by atomic mass is 16.6. The van der Waals surface area contributed by atoms with Crippen molar-refractivity contribution in [2.75, 3.05) is 18.0 Å². The lowest BCUT2D eigenvalue weighted by Gasteiger charge is -2.42. The van der Waals surface area contributed by atoms with Crippen LogP contribution in [0.25, 0.3) is 0 Å². The van der Waals surface area contributed by atoms with Gasteiger partial charge in [0, 0.05) is 30.7 Å². The molecule has 2 heterocycles. The van der Waals surface area contributed by atoms with Crippen molar-refractivity contribution in [1.29, 1.82) is 0 Å². The van der Waals surface area contributed by atoms with Gasteiger partial charge in [0.25, 0.3) is 11.8 Å². The Hall–Kier alpha value is -3.03. The molecule has 2 N–H and O–H groups in total. The van der Waals surface area contributed by atoms with Crippen molar-refractivity contribution >= 4 is 23.6 Å². The molecule has 1 aromatic carbocycles. The van der Waals surface area contributed by atoms with Gasteiger partial charge < -0.3 is 25.0 Å². The number of nitrogens with one attached hydrogen (secondary N) is 1. The molecular weight excluding hydrogens is 434 g/mol. The first-order valence-corrected chi connectivity index (χ1v) is 12.3. The number of aliphatic hydroxyl groups excluding tert-OH is 1. The molecule has 2 unspecified atom stereocenters. The Morgan fingerprint density at radius 1 is 1.09 bits per heavy atom. The molecule has 3 amide bonds. The zero-order chi connectivity index (χ0) is 24.5. The van der Waals surface area contributed by atoms with Gasteiger partial charge in [0.15, 0.2) is 0 Å². The lowest BCUT2D eigenvalue weighted by molar-refractivity contribution is -0.125. The van der Waals surface area contributed by atoms with E-state index in [4.69, 9.17) is 4.74 Å². The molecule has 4 rings (SSSR count). The molecule has 1 aliphatic carbocycles. The molecule has 8 nitrogen and oxygen atoms in total. The molecule has 1 aromatic rings. The number of hydrogen-bond acceptors (Lipinski definition) is 5. The minimum absolute atomic E-state index is 0.0107. The van der Waals surface area contributed by atoms with Gasteiger partial charge in [-0.15, -0.1) is 0 Å². The normalized spacial score (nSPS) is 23.7. The second-order valence-electron chi connectivity index (χ2n) is 10.5. The van der Waals surface area contributed by atoms with Crippen molar-refractivity contribution in [3.63, 3.8) is 0 Å². The summed E-state index contributed by atoms with van der Waals surface area (Å²) in [6.45, 7) is 6.01. The molecule has 1 saturated heterocycles. The standard InChI is InChI=1S/C26H35N3O5/c1-26(2,3)34-25(33)28-15-14-19-20(16-28)27-23(31)21(22(19)30)24(32)29(17-10-6-4-7-11-17)18-12-8-5-9-13-18/h4,6-7,10-11,18-20,30H,5,8-9,12-16H2,1-3H3,(H,27,31). The third-order valence-electron chi connectivity index (χ3n) is 6.82. The Labute approximate surface area is 200 Å². The Bertz CT molecular complexity index is 962. The number of benzene rings is 1. The maximum atomic E-state index is 13.8. The molecule has 0 bridgehead atoms. The zero-order valence-corrected chi connectivity index (χ0v) is 20.3. The van der Waals surface area contributed by atoms with Crippen LogP contribution in [0.5, 0.6) is 0 Å². The van der Waals surface area contributed by atoms with Gasteiger partial charge in [0.2, 0.25) is 0 Å². The summed E-state index contributed by atoms with van der Waals surface area (Å²) in [6.07, 6.45) is 4.92. The Balaban J connectivity index is 1.58. The molecule has 3 aliphatic rings. The highest BCUT2D eigenvalue weighted by Crippen LogP contribution is 2.34. The highest BCUT2D eigenvalue weighted by molar-refractivity contribution is 6.24. The monoisotopic (exact) mass is 469 g/mol. The van der Waals surface area contributed by atoms with Crippen LogP contribution in [-0.2, 0) is 14.3 Å². The van der Waals surface area contributed by atoms with E-state index >= 15 is 0 Å². The summed E-state index contributed by atoms with van der Waals surface area (Å²) in [7, 11) is 0. The number of piperidine rings is 1. The van der Waals surface area contributed by atoms with Crippen LogP contribution >= 0.6 is 0 Å². The Morgan fingerprint density at radius 3 is 2.41 bits per heavy atom. The zero-order valence-electron chi connectivity index (χ0n) is 20.3. The fourth-order valence-electron chi connectivity index (χ4n) is 5.21. The van der Waals surface area contributed by atoms with E-state index in [1.165, 1.54) is 0 Å². The molecule has 184 valence electrons. The number of anilines is 1. The topological polar surface area (TPSA) is 99.2 Å². The summed E-state index contributed by atoms with van der Waals surface area (Å²) in [5, 5.41) is 14.0. The molecule has 2 fully saturated rings. The van der Waals surface area contributed by atoms with Crippen LogP contribution in [0.2, 0.25) is 0 Å². The average molecular weight is 470 g/mol. The maximum Gasteiger partial charge on any atom is 0.410 e. The quantitative estimate of drug-likeness (QED) is 0.654. The van der Waals surface area contributed by atoms with Crippen LogP contribution in [0.1, 0.15) is 59.3 Å². The number of ether oxygens (including phenoxy) is 1. The number of aliphatic hydroxyl groups is 1. The number of likely N-dealkylation sites (tertiary alicyclic amines) is 1. The molecule has 1 saturated carbocycles. The van der Waals surface area contributed by atoms with E-state index in [9.17, 15) is 19.5 Å². The van der Waals surface area contributed by atoms with Crippen molar-refractivity contribution in [1.82, 2.24) is 10.2 Å². The number of para-hydroxylation sites is 1. The average Bonchev–Trinajstić information content (AvgIpc) is 2.79. The maximum absolute atomic E-state index is 13.8. The summed E-state index contributed by atoms with van der Waals surface area (Å²) < 4.78 is 5.46. The summed E-state index contributed by atoms with van der Waals surface area (Å²) in [6, 6.07) is 8.89. The lowest BCUT2D eigenvalue weighted by atomic mass is 9.84. The fraction of sp³-hybridized carbons (Fsp3) is 0.577. The van der Waals surface area contributed by atoms with Crippen LogP contribution in [0.4, 0.5) is 10.5 Å². The molecule has 0 radical (unpaired) electrons. The first-order valence-electron chi connectivity index (χ1n) is 12.3. The van der Waals surface area contributed by atoms with Crippen LogP contribution in [0, 0.1) is 5.92 Å². The van der Waals surface area contributed by atoms with Gasteiger partial charge in [-0.05, 0) is 52.2 Å². The van der Waals surface area contributed by atoms with E-state index in [0.29, 0.717) is 13.0 Å². The van der Waals surface area contributed by atoms with Crippen molar-refractivity contribution in [3.8, 4) is 0 Å². The van der Waals surface area contributed by atoms with E-state index < -0.39 is 35.5 Å². The summed E-state index contributed by atoms with van der Waals surface area (Å²) in [5.74, 6) is -1.63. The Kier molecular flexibility index (Phi) is 6.86. The largest absolute Gasteiger partial charge is 0.511 e. The number of hydrogen-bond donors (Lipinski definition) is 2. The predicted molar refractivity (Wildman–Crippen MR) is 128 cm³/mol. The van der Waals surface area contributed by atoms with Gasteiger partial charge >= 0.3 is 6.09 Å². The van der Waals surface area contributed by atoms with E-state index in [0.717, 1.165) is 37.8 Å². The second kappa shape index (κ2) is 9.68. The minimum atomic E-state index is -0.620. The first kappa shape index (κ1) is 24.1. The van der Waals surface area contributed by atoms with Crippen molar-refractivity contribution in [2.45, 2.75) is 77.0 Å². The summed E-state index contributed by atoms with van der Waals surface area (Å²) >= 11 is 0. The first-order chi connectivity index (χ1) is 16.2. The van der Waals surface area contributed by atoms with Crippen molar-refractivity contribution in [3.05, 3.63) is 41.7 Å². The van der Waals surface area contributed by atoms with E-state index in [2.05, 4.69) is 5.32 Å². The van der Waals surface area contributed by atoms with Crippen LogP contribution in [0.15, 0.2) is 41.7 Å². The molecule has 2 atom stereocenters. The van der Waals surface area contributed by atoms with Gasteiger partial charge in [-0.25, -0.2) is 4.79 Å². The molecule has 0 spiro atoms. The number of carbonyl (C=O) groups excluding carboxylic acids is 3. The number of amides is 3. The minimum Gasteiger partial charge on any atom is -0.511 e. The third-order valence-corrected chi connectivity index (χ3v) is 6.82. The number of nitrogens with zero attached hydrogens (tertiary/aromatic N) is 2. The van der Waals surface area contributed by atoms with E-state index in [1.807, 2.05) is 30.3 Å². The van der Waals surface area contributed by atoms with E-state index in [1.54, 1.807) is 30.6 Å². The lowest BCUT2D eigenvalue weighted by Crippen LogP contribution is -2.59. The van der Waals surface area contributed by atoms with Gasteiger partial charge in [0.1, 0.15) is 16.9 Å². The fourth-order valence-corrected chi connectivity index (χ4v) is 5.21. The highest BCUT2D eigenvalue weighted by Gasteiger charge is 2.45. The number of fused-ring (bicyclic) bond motifs is 1.